The number of hydrogen-bond acceptors (Lipinski definition) is 4. The Bertz CT molecular complexity index is 464. The third-order valence-electron chi connectivity index (χ3n) is 2.49. The first kappa shape index (κ1) is 15.7. The summed E-state index contributed by atoms with van der Waals surface area (Å²) in [6.07, 6.45) is -1.02. The Labute approximate surface area is 119 Å². The zero-order valence-electron chi connectivity index (χ0n) is 9.92. The topological polar surface area (TPSA) is 92.5 Å². The fraction of sp³-hybridized carbons (Fsp3) is 0.364. The number of amides is 1. The molecule has 1 rings (SSSR count). The van der Waals surface area contributed by atoms with Gasteiger partial charge in [0.05, 0.1) is 17.1 Å². The number of aliphatic hydroxyl groups excluding tert-OH is 1. The van der Waals surface area contributed by atoms with Crippen LogP contribution in [0.3, 0.4) is 0 Å². The summed E-state index contributed by atoms with van der Waals surface area (Å²) in [7, 11) is 0. The number of nitrogens with zero attached hydrogens (tertiary/aromatic N) is 1. The average molecular weight is 307 g/mol. The fourth-order valence-electron chi connectivity index (χ4n) is 1.45. The smallest absolute Gasteiger partial charge is 0.269 e. The van der Waals surface area contributed by atoms with Crippen LogP contribution in [0.25, 0.3) is 0 Å². The zero-order chi connectivity index (χ0) is 14.6. The summed E-state index contributed by atoms with van der Waals surface area (Å²) in [5.74, 6) is -0.614. The number of halogens is 2. The second-order valence-corrected chi connectivity index (χ2v) is 4.99. The number of rotatable bonds is 5. The highest BCUT2D eigenvalue weighted by atomic mass is 35.5. The first-order chi connectivity index (χ1) is 8.82. The number of nitrogens with one attached hydrogen (secondary N) is 1. The Kier molecular flexibility index (Phi) is 5.53. The largest absolute Gasteiger partial charge is 0.386 e. The molecule has 104 valence electrons. The van der Waals surface area contributed by atoms with Crippen molar-refractivity contribution in [2.75, 3.05) is 0 Å². The van der Waals surface area contributed by atoms with E-state index in [1.807, 2.05) is 0 Å². The number of carbonyl (C=O) groups is 1. The Hall–Kier alpha value is -1.37. The fourth-order valence-corrected chi connectivity index (χ4v) is 1.57. The molecule has 1 aromatic carbocycles. The normalized spacial score (nSPS) is 13.9. The molecule has 2 N–H and O–H groups in total. The molecule has 0 radical (unpaired) electrons. The number of nitro groups is 1. The lowest BCUT2D eigenvalue weighted by molar-refractivity contribution is -0.384. The van der Waals surface area contributed by atoms with Crippen molar-refractivity contribution in [1.82, 2.24) is 5.32 Å². The summed E-state index contributed by atoms with van der Waals surface area (Å²) in [4.78, 5) is 20.0. The van der Waals surface area contributed by atoms with E-state index < -0.39 is 27.8 Å². The maximum Gasteiger partial charge on any atom is 0.269 e. The van der Waals surface area contributed by atoms with Crippen LogP contribution in [0, 0.1) is 10.1 Å². The van der Waals surface area contributed by atoms with Crippen LogP contribution >= 0.6 is 23.2 Å². The molecule has 0 saturated carbocycles. The van der Waals surface area contributed by atoms with E-state index in [4.69, 9.17) is 23.2 Å². The molecule has 0 fully saturated rings. The molecule has 2 atom stereocenters. The Morgan fingerprint density at radius 3 is 2.32 bits per heavy atom. The maximum absolute atomic E-state index is 11.3. The predicted molar refractivity (Wildman–Crippen MR) is 71.2 cm³/mol. The molecular weight excluding hydrogens is 295 g/mol. The molecule has 1 unspecified atom stereocenters. The first-order valence-corrected chi connectivity index (χ1v) is 6.21. The van der Waals surface area contributed by atoms with Crippen molar-refractivity contribution in [3.8, 4) is 0 Å². The second-order valence-electron chi connectivity index (χ2n) is 3.89. The van der Waals surface area contributed by atoms with E-state index in [1.165, 1.54) is 24.3 Å². The molecule has 0 aliphatic carbocycles. The van der Waals surface area contributed by atoms with E-state index in [1.54, 1.807) is 6.92 Å². The SMILES string of the molecule is C[C@@H](NC(=O)C(Cl)Cl)C(O)c1ccc([N+](=O)[O-])cc1. The average Bonchev–Trinajstić information content (AvgIpc) is 2.37. The van der Waals surface area contributed by atoms with Crippen molar-refractivity contribution in [1.29, 1.82) is 0 Å². The summed E-state index contributed by atoms with van der Waals surface area (Å²) >= 11 is 10.8. The summed E-state index contributed by atoms with van der Waals surface area (Å²) in [6, 6.07) is 4.76. The molecular formula is C11H12Cl2N2O4. The molecule has 0 saturated heterocycles. The molecule has 19 heavy (non-hydrogen) atoms. The van der Waals surface area contributed by atoms with Gasteiger partial charge >= 0.3 is 0 Å². The van der Waals surface area contributed by atoms with Crippen LogP contribution in [-0.4, -0.2) is 26.8 Å². The van der Waals surface area contributed by atoms with E-state index in [-0.39, 0.29) is 5.69 Å². The van der Waals surface area contributed by atoms with Crippen molar-refractivity contribution >= 4 is 34.8 Å². The number of alkyl halides is 2. The van der Waals surface area contributed by atoms with Gasteiger partial charge in [-0.25, -0.2) is 0 Å². The third-order valence-corrected chi connectivity index (χ3v) is 2.88. The van der Waals surface area contributed by atoms with Crippen LogP contribution in [0.5, 0.6) is 0 Å². The summed E-state index contributed by atoms with van der Waals surface area (Å²) < 4.78 is 0. The Morgan fingerprint density at radius 2 is 1.89 bits per heavy atom. The minimum Gasteiger partial charge on any atom is -0.386 e. The van der Waals surface area contributed by atoms with Gasteiger partial charge in [-0.15, -0.1) is 0 Å². The summed E-state index contributed by atoms with van der Waals surface area (Å²) in [5, 5.41) is 22.9. The van der Waals surface area contributed by atoms with E-state index in [0.29, 0.717) is 5.56 Å². The molecule has 0 aromatic heterocycles. The van der Waals surface area contributed by atoms with Crippen molar-refractivity contribution < 1.29 is 14.8 Å². The van der Waals surface area contributed by atoms with E-state index in [9.17, 15) is 20.0 Å². The Balaban J connectivity index is 2.73. The monoisotopic (exact) mass is 306 g/mol. The molecule has 0 bridgehead atoms. The van der Waals surface area contributed by atoms with Gasteiger partial charge in [0.15, 0.2) is 4.84 Å². The van der Waals surface area contributed by atoms with Crippen molar-refractivity contribution in [2.45, 2.75) is 23.9 Å². The quantitative estimate of drug-likeness (QED) is 0.494. The van der Waals surface area contributed by atoms with Gasteiger partial charge < -0.3 is 10.4 Å². The van der Waals surface area contributed by atoms with Gasteiger partial charge in [0, 0.05) is 12.1 Å². The van der Waals surface area contributed by atoms with Gasteiger partial charge in [-0.1, -0.05) is 23.2 Å². The molecule has 0 aliphatic rings. The molecule has 0 spiro atoms. The zero-order valence-corrected chi connectivity index (χ0v) is 11.4. The Morgan fingerprint density at radius 1 is 1.37 bits per heavy atom. The van der Waals surface area contributed by atoms with Crippen molar-refractivity contribution in [3.63, 3.8) is 0 Å². The minimum atomic E-state index is -1.22. The lowest BCUT2D eigenvalue weighted by Gasteiger charge is -2.20. The minimum absolute atomic E-state index is 0.0748. The second kappa shape index (κ2) is 6.70. The highest BCUT2D eigenvalue weighted by Crippen LogP contribution is 2.20. The molecule has 0 aliphatic heterocycles. The number of carbonyl (C=O) groups excluding carboxylic acids is 1. The van der Waals surface area contributed by atoms with Gasteiger partial charge in [0.25, 0.3) is 11.6 Å². The van der Waals surface area contributed by atoms with Crippen LogP contribution < -0.4 is 5.32 Å². The molecule has 1 aromatic rings. The van der Waals surface area contributed by atoms with Crippen LogP contribution in [0.15, 0.2) is 24.3 Å². The van der Waals surface area contributed by atoms with Gasteiger partial charge in [-0.2, -0.15) is 0 Å². The van der Waals surface area contributed by atoms with Crippen LogP contribution in [-0.2, 0) is 4.79 Å². The van der Waals surface area contributed by atoms with Crippen LogP contribution in [0.1, 0.15) is 18.6 Å². The van der Waals surface area contributed by atoms with Gasteiger partial charge in [-0.3, -0.25) is 14.9 Å². The highest BCUT2D eigenvalue weighted by molar-refractivity contribution is 6.53. The predicted octanol–water partition coefficient (Wildman–Crippen LogP) is 1.94. The van der Waals surface area contributed by atoms with Crippen molar-refractivity contribution in [3.05, 3.63) is 39.9 Å². The third kappa shape index (κ3) is 4.34. The molecule has 8 heteroatoms. The molecule has 1 amide bonds. The van der Waals surface area contributed by atoms with E-state index in [0.717, 1.165) is 0 Å². The van der Waals surface area contributed by atoms with E-state index in [2.05, 4.69) is 5.32 Å². The lowest BCUT2D eigenvalue weighted by Crippen LogP contribution is -2.39. The number of benzene rings is 1. The summed E-state index contributed by atoms with van der Waals surface area (Å²) in [6.45, 7) is 1.57. The van der Waals surface area contributed by atoms with Gasteiger partial charge in [-0.05, 0) is 24.6 Å². The number of hydrogen-bond donors (Lipinski definition) is 2. The van der Waals surface area contributed by atoms with Crippen molar-refractivity contribution in [2.24, 2.45) is 0 Å². The van der Waals surface area contributed by atoms with Crippen LogP contribution in [0.4, 0.5) is 5.69 Å². The van der Waals surface area contributed by atoms with Gasteiger partial charge in [0.2, 0.25) is 0 Å². The van der Waals surface area contributed by atoms with Crippen LogP contribution in [0.2, 0.25) is 0 Å². The number of nitro benzene ring substituents is 1. The maximum atomic E-state index is 11.3. The number of aliphatic hydroxyl groups is 1. The lowest BCUT2D eigenvalue weighted by atomic mass is 10.0. The standard InChI is InChI=1S/C11H12Cl2N2O4/c1-6(14-11(17)10(12)13)9(16)7-2-4-8(5-3-7)15(18)19/h2-6,9-10,16H,1H3,(H,14,17)/t6-,9?/m1/s1. The highest BCUT2D eigenvalue weighted by Gasteiger charge is 2.21. The first-order valence-electron chi connectivity index (χ1n) is 5.34. The number of non-ortho nitro benzene ring substituents is 1. The van der Waals surface area contributed by atoms with E-state index >= 15 is 0 Å². The molecule has 0 heterocycles. The van der Waals surface area contributed by atoms with Gasteiger partial charge in [0.1, 0.15) is 0 Å². The molecule has 6 nitrogen and oxygen atoms in total. The summed E-state index contributed by atoms with van der Waals surface area (Å²) in [5.41, 5.74) is 0.369.